The Kier molecular flexibility index (Phi) is 3.02. The van der Waals surface area contributed by atoms with Crippen molar-refractivity contribution in [3.8, 4) is 0 Å². The monoisotopic (exact) mass is 239 g/mol. The second-order valence-corrected chi connectivity index (χ2v) is 5.96. The van der Waals surface area contributed by atoms with Crippen molar-refractivity contribution in [3.05, 3.63) is 0 Å². The van der Waals surface area contributed by atoms with Crippen LogP contribution in [0.2, 0.25) is 0 Å². The molecular weight excluding hydrogens is 218 g/mol. The number of hydrogen-bond acceptors (Lipinski definition) is 3. The Morgan fingerprint density at radius 1 is 1.41 bits per heavy atom. The summed E-state index contributed by atoms with van der Waals surface area (Å²) < 4.78 is 0. The van der Waals surface area contributed by atoms with Gasteiger partial charge in [0.15, 0.2) is 0 Å². The largest absolute Gasteiger partial charge is 0.391 e. The first-order chi connectivity index (χ1) is 7.86. The zero-order valence-corrected chi connectivity index (χ0v) is 10.8. The van der Waals surface area contributed by atoms with E-state index in [2.05, 4.69) is 0 Å². The molecule has 2 rings (SSSR count). The Morgan fingerprint density at radius 2 is 2.00 bits per heavy atom. The van der Waals surface area contributed by atoms with E-state index in [9.17, 15) is 14.7 Å². The molecule has 1 heterocycles. The van der Waals surface area contributed by atoms with Crippen LogP contribution in [-0.2, 0) is 9.59 Å². The van der Waals surface area contributed by atoms with Gasteiger partial charge in [-0.2, -0.15) is 0 Å². The van der Waals surface area contributed by atoms with Gasteiger partial charge < -0.3 is 5.11 Å². The van der Waals surface area contributed by atoms with Crippen molar-refractivity contribution in [2.24, 2.45) is 17.3 Å². The highest BCUT2D eigenvalue weighted by atomic mass is 16.3. The summed E-state index contributed by atoms with van der Waals surface area (Å²) in [7, 11) is 0. The molecule has 0 spiro atoms. The lowest BCUT2D eigenvalue weighted by atomic mass is 9.78. The molecule has 96 valence electrons. The minimum atomic E-state index is -0.583. The van der Waals surface area contributed by atoms with Gasteiger partial charge in [-0.05, 0) is 31.6 Å². The number of carbonyl (C=O) groups excluding carboxylic acids is 2. The van der Waals surface area contributed by atoms with Crippen molar-refractivity contribution >= 4 is 11.8 Å². The molecule has 0 aromatic heterocycles. The van der Waals surface area contributed by atoms with Gasteiger partial charge in [0, 0.05) is 6.42 Å². The lowest BCUT2D eigenvalue weighted by molar-refractivity contribution is -0.143. The molecule has 2 unspecified atom stereocenters. The predicted molar refractivity (Wildman–Crippen MR) is 63.0 cm³/mol. The van der Waals surface area contributed by atoms with Crippen molar-refractivity contribution in [1.29, 1.82) is 0 Å². The van der Waals surface area contributed by atoms with Crippen LogP contribution in [0.3, 0.4) is 0 Å². The molecule has 4 heteroatoms. The van der Waals surface area contributed by atoms with Crippen molar-refractivity contribution < 1.29 is 14.7 Å². The minimum Gasteiger partial charge on any atom is -0.391 e. The van der Waals surface area contributed by atoms with Crippen LogP contribution < -0.4 is 0 Å². The predicted octanol–water partition coefficient (Wildman–Crippen LogP) is 1.18. The maximum absolute atomic E-state index is 12.3. The maximum atomic E-state index is 12.3. The number of aliphatic hydroxyl groups is 1. The zero-order valence-electron chi connectivity index (χ0n) is 10.8. The van der Waals surface area contributed by atoms with Crippen LogP contribution in [-0.4, -0.2) is 34.5 Å². The third-order valence-electron chi connectivity index (χ3n) is 4.36. The van der Waals surface area contributed by atoms with Gasteiger partial charge in [0.2, 0.25) is 11.8 Å². The Bertz CT molecular complexity index is 349. The normalized spacial score (nSPS) is 31.5. The van der Waals surface area contributed by atoms with Crippen LogP contribution in [0.25, 0.3) is 0 Å². The van der Waals surface area contributed by atoms with Gasteiger partial charge >= 0.3 is 0 Å². The van der Waals surface area contributed by atoms with E-state index in [1.807, 2.05) is 20.8 Å². The number of amides is 2. The van der Waals surface area contributed by atoms with Crippen LogP contribution in [0.4, 0.5) is 0 Å². The van der Waals surface area contributed by atoms with Gasteiger partial charge in [0.25, 0.3) is 0 Å². The van der Waals surface area contributed by atoms with E-state index in [0.29, 0.717) is 5.92 Å². The molecule has 2 fully saturated rings. The molecule has 4 nitrogen and oxygen atoms in total. The van der Waals surface area contributed by atoms with Crippen molar-refractivity contribution in [1.82, 2.24) is 4.90 Å². The topological polar surface area (TPSA) is 57.6 Å². The van der Waals surface area contributed by atoms with E-state index in [1.54, 1.807) is 0 Å². The van der Waals surface area contributed by atoms with Gasteiger partial charge in [0.05, 0.1) is 18.1 Å². The molecule has 2 amide bonds. The summed E-state index contributed by atoms with van der Waals surface area (Å²) in [5.41, 5.74) is -0.583. The van der Waals surface area contributed by atoms with Crippen molar-refractivity contribution in [2.45, 2.75) is 46.1 Å². The Labute approximate surface area is 102 Å². The highest BCUT2D eigenvalue weighted by molar-refractivity contribution is 6.05. The van der Waals surface area contributed by atoms with Gasteiger partial charge in [-0.1, -0.05) is 13.8 Å². The molecule has 2 atom stereocenters. The van der Waals surface area contributed by atoms with E-state index >= 15 is 0 Å². The Hall–Kier alpha value is -0.900. The maximum Gasteiger partial charge on any atom is 0.235 e. The SMILES string of the molecule is CC(C)C1(C)CC(=O)N(CC(O)C2CC2)C1=O. The highest BCUT2D eigenvalue weighted by Crippen LogP contribution is 2.40. The number of hydrogen-bond donors (Lipinski definition) is 1. The molecule has 1 aliphatic carbocycles. The fourth-order valence-corrected chi connectivity index (χ4v) is 2.36. The number of imide groups is 1. The van der Waals surface area contributed by atoms with Crippen LogP contribution in [0, 0.1) is 17.3 Å². The highest BCUT2D eigenvalue weighted by Gasteiger charge is 2.50. The number of nitrogens with zero attached hydrogens (tertiary/aromatic N) is 1. The summed E-state index contributed by atoms with van der Waals surface area (Å²) in [5, 5.41) is 9.85. The third-order valence-corrected chi connectivity index (χ3v) is 4.36. The minimum absolute atomic E-state index is 0.114. The third kappa shape index (κ3) is 2.10. The summed E-state index contributed by atoms with van der Waals surface area (Å²) in [4.78, 5) is 25.4. The van der Waals surface area contributed by atoms with Gasteiger partial charge in [-0.15, -0.1) is 0 Å². The van der Waals surface area contributed by atoms with Gasteiger partial charge in [0.1, 0.15) is 0 Å². The van der Waals surface area contributed by atoms with E-state index in [4.69, 9.17) is 0 Å². The van der Waals surface area contributed by atoms with E-state index in [1.165, 1.54) is 4.90 Å². The lowest BCUT2D eigenvalue weighted by Gasteiger charge is -2.26. The fraction of sp³-hybridized carbons (Fsp3) is 0.846. The van der Waals surface area contributed by atoms with Gasteiger partial charge in [-0.3, -0.25) is 14.5 Å². The standard InChI is InChI=1S/C13H21NO3/c1-8(2)13(3)6-11(16)14(12(13)17)7-10(15)9-4-5-9/h8-10,15H,4-7H2,1-3H3. The molecule has 1 saturated carbocycles. The molecule has 0 aromatic carbocycles. The summed E-state index contributed by atoms with van der Waals surface area (Å²) in [5.74, 6) is 0.187. The molecule has 1 saturated heterocycles. The number of likely N-dealkylation sites (tertiary alicyclic amines) is 1. The molecule has 2 aliphatic rings. The average Bonchev–Trinajstić information content (AvgIpc) is 3.04. The van der Waals surface area contributed by atoms with Crippen molar-refractivity contribution in [2.75, 3.05) is 6.54 Å². The van der Waals surface area contributed by atoms with E-state index < -0.39 is 11.5 Å². The van der Waals surface area contributed by atoms with E-state index in [0.717, 1.165) is 12.8 Å². The van der Waals surface area contributed by atoms with Gasteiger partial charge in [-0.25, -0.2) is 0 Å². The molecule has 17 heavy (non-hydrogen) atoms. The first kappa shape index (κ1) is 12.6. The second kappa shape index (κ2) is 4.09. The second-order valence-electron chi connectivity index (χ2n) is 5.96. The van der Waals surface area contributed by atoms with Crippen LogP contribution in [0.5, 0.6) is 0 Å². The van der Waals surface area contributed by atoms with Crippen LogP contribution >= 0.6 is 0 Å². The summed E-state index contributed by atoms with van der Waals surface area (Å²) in [6.45, 7) is 5.96. The zero-order chi connectivity index (χ0) is 12.8. The number of rotatable bonds is 4. The molecule has 1 aliphatic heterocycles. The smallest absolute Gasteiger partial charge is 0.235 e. The van der Waals surface area contributed by atoms with Crippen LogP contribution in [0.1, 0.15) is 40.0 Å². The molecular formula is C13H21NO3. The average molecular weight is 239 g/mol. The van der Waals surface area contributed by atoms with E-state index in [-0.39, 0.29) is 30.7 Å². The summed E-state index contributed by atoms with van der Waals surface area (Å²) >= 11 is 0. The molecule has 0 bridgehead atoms. The Balaban J connectivity index is 2.08. The summed E-state index contributed by atoms with van der Waals surface area (Å²) in [6.07, 6.45) is 1.77. The van der Waals surface area contributed by atoms with Crippen molar-refractivity contribution in [3.63, 3.8) is 0 Å². The first-order valence-corrected chi connectivity index (χ1v) is 6.39. The number of carbonyl (C=O) groups is 2. The fourth-order valence-electron chi connectivity index (χ4n) is 2.36. The number of aliphatic hydroxyl groups excluding tert-OH is 1. The molecule has 0 aromatic rings. The quantitative estimate of drug-likeness (QED) is 0.749. The summed E-state index contributed by atoms with van der Waals surface area (Å²) in [6, 6.07) is 0. The molecule has 1 N–H and O–H groups in total. The van der Waals surface area contributed by atoms with Crippen LogP contribution in [0.15, 0.2) is 0 Å². The first-order valence-electron chi connectivity index (χ1n) is 6.39. The number of β-amino-alcohol motifs (C(OH)–C–C–N with tert-alkyl or cyclic N) is 1. The Morgan fingerprint density at radius 3 is 2.41 bits per heavy atom. The lowest BCUT2D eigenvalue weighted by Crippen LogP contribution is -2.41. The molecule has 0 radical (unpaired) electrons.